The Morgan fingerprint density at radius 1 is 1.17 bits per heavy atom. The fourth-order valence-electron chi connectivity index (χ4n) is 3.39. The smallest absolute Gasteiger partial charge is 0.229 e. The van der Waals surface area contributed by atoms with E-state index in [2.05, 4.69) is 22.0 Å². The van der Waals surface area contributed by atoms with E-state index in [1.807, 2.05) is 24.3 Å². The van der Waals surface area contributed by atoms with Crippen LogP contribution in [0.5, 0.6) is 0 Å². The molecule has 3 rings (SSSR count). The fourth-order valence-corrected chi connectivity index (χ4v) is 3.95. The molecule has 6 heteroatoms. The standard InChI is InChI=1S/C17H27N3O2S/c1-20-9-7-13(8-10-20)12-18-17-11-16(17)14-3-5-15(6-4-14)19-23(2,21)22/h3-6,13,16-19H,7-12H2,1-2H3/t16-,17+/m0/s1. The van der Waals surface area contributed by atoms with Crippen LogP contribution >= 0.6 is 0 Å². The number of hydrogen-bond donors (Lipinski definition) is 2. The Morgan fingerprint density at radius 2 is 1.83 bits per heavy atom. The molecule has 5 nitrogen and oxygen atoms in total. The molecule has 0 aromatic heterocycles. The molecule has 2 atom stereocenters. The Bertz CT molecular complexity index is 622. The van der Waals surface area contributed by atoms with Crippen molar-refractivity contribution < 1.29 is 8.42 Å². The summed E-state index contributed by atoms with van der Waals surface area (Å²) < 4.78 is 24.9. The van der Waals surface area contributed by atoms with E-state index in [4.69, 9.17) is 0 Å². The van der Waals surface area contributed by atoms with Gasteiger partial charge in [0.2, 0.25) is 10.0 Å². The lowest BCUT2D eigenvalue weighted by molar-refractivity contribution is 0.215. The highest BCUT2D eigenvalue weighted by atomic mass is 32.2. The first-order chi connectivity index (χ1) is 10.9. The van der Waals surface area contributed by atoms with Crippen LogP contribution in [0.3, 0.4) is 0 Å². The molecule has 0 unspecified atom stereocenters. The summed E-state index contributed by atoms with van der Waals surface area (Å²) in [6.45, 7) is 3.56. The predicted octanol–water partition coefficient (Wildman–Crippen LogP) is 1.85. The van der Waals surface area contributed by atoms with Gasteiger partial charge in [-0.05, 0) is 69.6 Å². The lowest BCUT2D eigenvalue weighted by atomic mass is 9.97. The van der Waals surface area contributed by atoms with E-state index < -0.39 is 10.0 Å². The molecule has 1 aliphatic carbocycles. The molecule has 1 saturated heterocycles. The Morgan fingerprint density at radius 3 is 2.43 bits per heavy atom. The highest BCUT2D eigenvalue weighted by molar-refractivity contribution is 7.92. The third-order valence-corrected chi connectivity index (χ3v) is 5.55. The number of nitrogens with zero attached hydrogens (tertiary/aromatic N) is 1. The number of likely N-dealkylation sites (tertiary alicyclic amines) is 1. The second-order valence-corrected chi connectivity index (χ2v) is 8.85. The highest BCUT2D eigenvalue weighted by Gasteiger charge is 2.38. The minimum atomic E-state index is -3.20. The van der Waals surface area contributed by atoms with E-state index in [0.717, 1.165) is 12.5 Å². The lowest BCUT2D eigenvalue weighted by Crippen LogP contribution is -2.35. The number of nitrogens with one attached hydrogen (secondary N) is 2. The van der Waals surface area contributed by atoms with Crippen LogP contribution < -0.4 is 10.0 Å². The van der Waals surface area contributed by atoms with E-state index in [-0.39, 0.29) is 0 Å². The SMILES string of the molecule is CN1CCC(CN[C@@H]2C[C@H]2c2ccc(NS(C)(=O)=O)cc2)CC1. The van der Waals surface area contributed by atoms with Crippen molar-refractivity contribution in [2.24, 2.45) is 5.92 Å². The summed E-state index contributed by atoms with van der Waals surface area (Å²) in [5, 5.41) is 3.71. The number of sulfonamides is 1. The van der Waals surface area contributed by atoms with Crippen molar-refractivity contribution in [3.8, 4) is 0 Å². The van der Waals surface area contributed by atoms with Crippen molar-refractivity contribution in [1.82, 2.24) is 10.2 Å². The van der Waals surface area contributed by atoms with Gasteiger partial charge < -0.3 is 10.2 Å². The zero-order valence-electron chi connectivity index (χ0n) is 14.0. The Labute approximate surface area is 139 Å². The van der Waals surface area contributed by atoms with Gasteiger partial charge in [0.15, 0.2) is 0 Å². The van der Waals surface area contributed by atoms with Gasteiger partial charge in [-0.3, -0.25) is 4.72 Å². The Hall–Kier alpha value is -1.11. The maximum atomic E-state index is 11.2. The summed E-state index contributed by atoms with van der Waals surface area (Å²) in [5.41, 5.74) is 1.93. The Balaban J connectivity index is 1.45. The molecular formula is C17H27N3O2S. The summed E-state index contributed by atoms with van der Waals surface area (Å²) >= 11 is 0. The zero-order chi connectivity index (χ0) is 16.4. The summed E-state index contributed by atoms with van der Waals surface area (Å²) in [6.07, 6.45) is 4.95. The van der Waals surface area contributed by atoms with Gasteiger partial charge in [-0.1, -0.05) is 12.1 Å². The maximum Gasteiger partial charge on any atom is 0.229 e. The van der Waals surface area contributed by atoms with Crippen molar-refractivity contribution in [3.05, 3.63) is 29.8 Å². The van der Waals surface area contributed by atoms with Gasteiger partial charge >= 0.3 is 0 Å². The van der Waals surface area contributed by atoms with Crippen LogP contribution in [-0.4, -0.2) is 52.3 Å². The van der Waals surface area contributed by atoms with Crippen molar-refractivity contribution in [2.45, 2.75) is 31.2 Å². The van der Waals surface area contributed by atoms with Gasteiger partial charge in [0.05, 0.1) is 6.26 Å². The largest absolute Gasteiger partial charge is 0.313 e. The normalized spacial score (nSPS) is 26.2. The van der Waals surface area contributed by atoms with Crippen LogP contribution in [-0.2, 0) is 10.0 Å². The predicted molar refractivity (Wildman–Crippen MR) is 94.3 cm³/mol. The molecule has 1 heterocycles. The van der Waals surface area contributed by atoms with Crippen molar-refractivity contribution in [1.29, 1.82) is 0 Å². The first kappa shape index (κ1) is 16.7. The number of piperidine rings is 1. The molecule has 1 aliphatic heterocycles. The van der Waals surface area contributed by atoms with Crippen LogP contribution in [0.25, 0.3) is 0 Å². The number of rotatable bonds is 6. The summed E-state index contributed by atoms with van der Waals surface area (Å²) in [6, 6.07) is 8.36. The lowest BCUT2D eigenvalue weighted by Gasteiger charge is -2.29. The molecule has 2 N–H and O–H groups in total. The third kappa shape index (κ3) is 4.93. The summed E-state index contributed by atoms with van der Waals surface area (Å²) in [4.78, 5) is 2.41. The quantitative estimate of drug-likeness (QED) is 0.832. The number of benzene rings is 1. The minimum absolute atomic E-state index is 0.577. The van der Waals surface area contributed by atoms with Crippen molar-refractivity contribution >= 4 is 15.7 Å². The second-order valence-electron chi connectivity index (χ2n) is 7.10. The molecule has 23 heavy (non-hydrogen) atoms. The van der Waals surface area contributed by atoms with Crippen LogP contribution in [0.2, 0.25) is 0 Å². The molecule has 0 spiro atoms. The molecule has 1 saturated carbocycles. The average Bonchev–Trinajstić information content (AvgIpc) is 3.25. The molecule has 1 aromatic rings. The maximum absolute atomic E-state index is 11.2. The monoisotopic (exact) mass is 337 g/mol. The molecule has 0 bridgehead atoms. The first-order valence-electron chi connectivity index (χ1n) is 8.40. The van der Waals surface area contributed by atoms with E-state index in [1.54, 1.807) is 0 Å². The second kappa shape index (κ2) is 6.79. The molecule has 2 fully saturated rings. The van der Waals surface area contributed by atoms with E-state index in [1.165, 1.54) is 44.2 Å². The minimum Gasteiger partial charge on any atom is -0.313 e. The summed E-state index contributed by atoms with van der Waals surface area (Å²) in [7, 11) is -0.999. The molecule has 1 aromatic carbocycles. The Kier molecular flexibility index (Phi) is 4.94. The molecule has 2 aliphatic rings. The van der Waals surface area contributed by atoms with Crippen molar-refractivity contribution in [3.63, 3.8) is 0 Å². The van der Waals surface area contributed by atoms with E-state index >= 15 is 0 Å². The number of hydrogen-bond acceptors (Lipinski definition) is 4. The third-order valence-electron chi connectivity index (χ3n) is 4.94. The van der Waals surface area contributed by atoms with Gasteiger partial charge in [0.1, 0.15) is 0 Å². The molecule has 0 amide bonds. The van der Waals surface area contributed by atoms with Crippen molar-refractivity contribution in [2.75, 3.05) is 37.7 Å². The average molecular weight is 337 g/mol. The molecular weight excluding hydrogens is 310 g/mol. The molecule has 128 valence electrons. The zero-order valence-corrected chi connectivity index (χ0v) is 14.8. The van der Waals surface area contributed by atoms with E-state index in [9.17, 15) is 8.42 Å². The summed E-state index contributed by atoms with van der Waals surface area (Å²) in [5.74, 6) is 1.39. The van der Waals surface area contributed by atoms with Gasteiger partial charge in [0.25, 0.3) is 0 Å². The topological polar surface area (TPSA) is 61.4 Å². The van der Waals surface area contributed by atoms with Gasteiger partial charge in [-0.25, -0.2) is 8.42 Å². The van der Waals surface area contributed by atoms with Gasteiger partial charge in [-0.15, -0.1) is 0 Å². The fraction of sp³-hybridized carbons (Fsp3) is 0.647. The van der Waals surface area contributed by atoms with Gasteiger partial charge in [0, 0.05) is 17.6 Å². The van der Waals surface area contributed by atoms with E-state index in [0.29, 0.717) is 17.6 Å². The number of anilines is 1. The van der Waals surface area contributed by atoms with Crippen LogP contribution in [0, 0.1) is 5.92 Å². The molecule has 0 radical (unpaired) electrons. The first-order valence-corrected chi connectivity index (χ1v) is 10.3. The van der Waals surface area contributed by atoms with Crippen LogP contribution in [0.1, 0.15) is 30.7 Å². The van der Waals surface area contributed by atoms with Crippen LogP contribution in [0.15, 0.2) is 24.3 Å². The van der Waals surface area contributed by atoms with Gasteiger partial charge in [-0.2, -0.15) is 0 Å². The van der Waals surface area contributed by atoms with Crippen LogP contribution in [0.4, 0.5) is 5.69 Å². The highest BCUT2D eigenvalue weighted by Crippen LogP contribution is 2.41.